The number of primary amides is 1. The second kappa shape index (κ2) is 6.33. The molecular weight excluding hydrogens is 316 g/mol. The van der Waals surface area contributed by atoms with Crippen LogP contribution in [0, 0.1) is 0 Å². The molecule has 2 heterocycles. The fraction of sp³-hybridized carbons (Fsp3) is 0.133. The zero-order valence-electron chi connectivity index (χ0n) is 11.7. The Kier molecular flexibility index (Phi) is 4.26. The van der Waals surface area contributed by atoms with Crippen LogP contribution >= 0.6 is 23.1 Å². The number of allylic oxidation sites excluding steroid dienone is 1. The number of carbonyl (C=O) groups excluding carboxylic acids is 1. The van der Waals surface area contributed by atoms with Crippen LogP contribution in [0.3, 0.4) is 0 Å². The number of fused-ring (bicyclic) bond motifs is 1. The van der Waals surface area contributed by atoms with Gasteiger partial charge in [0.1, 0.15) is 0 Å². The summed E-state index contributed by atoms with van der Waals surface area (Å²) in [6, 6.07) is 8.19. The number of nitrogens with two attached hydrogens (primary N) is 1. The highest BCUT2D eigenvalue weighted by atomic mass is 32.2. The van der Waals surface area contributed by atoms with E-state index in [0.717, 1.165) is 16.8 Å². The van der Waals surface area contributed by atoms with E-state index in [1.54, 1.807) is 17.4 Å². The lowest BCUT2D eigenvalue weighted by Gasteiger charge is -2.06. The third-order valence-corrected chi connectivity index (χ3v) is 5.05. The molecule has 0 aliphatic heterocycles. The van der Waals surface area contributed by atoms with Crippen LogP contribution in [0.15, 0.2) is 47.5 Å². The Labute approximate surface area is 135 Å². The van der Waals surface area contributed by atoms with Crippen molar-refractivity contribution in [2.75, 3.05) is 5.75 Å². The maximum absolute atomic E-state index is 11.0. The predicted molar refractivity (Wildman–Crippen MR) is 91.0 cm³/mol. The van der Waals surface area contributed by atoms with E-state index in [1.807, 2.05) is 16.7 Å². The first-order chi connectivity index (χ1) is 10.7. The molecule has 112 valence electrons. The smallest absolute Gasteiger partial charge is 0.227 e. The SMILES string of the molecule is C=CCn1c(SCC(N)=O)nnc1-c1csc2ccccc12. The lowest BCUT2D eigenvalue weighted by atomic mass is 10.1. The van der Waals surface area contributed by atoms with Crippen molar-refractivity contribution in [2.24, 2.45) is 5.73 Å². The second-order valence-corrected chi connectivity index (χ2v) is 6.46. The molecular formula is C15H14N4OS2. The average Bonchev–Trinajstić information content (AvgIpc) is 3.09. The fourth-order valence-electron chi connectivity index (χ4n) is 2.18. The van der Waals surface area contributed by atoms with Gasteiger partial charge in [-0.1, -0.05) is 36.0 Å². The first kappa shape index (κ1) is 14.8. The van der Waals surface area contributed by atoms with E-state index in [2.05, 4.69) is 34.3 Å². The first-order valence-electron chi connectivity index (χ1n) is 6.62. The molecule has 0 aliphatic carbocycles. The molecule has 0 bridgehead atoms. The highest BCUT2D eigenvalue weighted by molar-refractivity contribution is 7.99. The number of thiophene rings is 1. The molecule has 5 nitrogen and oxygen atoms in total. The number of rotatable bonds is 6. The maximum Gasteiger partial charge on any atom is 0.227 e. The van der Waals surface area contributed by atoms with Gasteiger partial charge in [-0.2, -0.15) is 0 Å². The first-order valence-corrected chi connectivity index (χ1v) is 8.49. The highest BCUT2D eigenvalue weighted by Crippen LogP contribution is 2.34. The van der Waals surface area contributed by atoms with Crippen molar-refractivity contribution < 1.29 is 4.79 Å². The number of benzene rings is 1. The van der Waals surface area contributed by atoms with E-state index in [0.29, 0.717) is 11.7 Å². The van der Waals surface area contributed by atoms with Gasteiger partial charge < -0.3 is 5.73 Å². The quantitative estimate of drug-likeness (QED) is 0.557. The molecule has 0 saturated heterocycles. The van der Waals surface area contributed by atoms with Crippen LogP contribution in [-0.4, -0.2) is 26.4 Å². The van der Waals surface area contributed by atoms with Gasteiger partial charge in [-0.05, 0) is 6.07 Å². The molecule has 2 aromatic heterocycles. The van der Waals surface area contributed by atoms with E-state index in [9.17, 15) is 4.79 Å². The predicted octanol–water partition coefficient (Wildman–Crippen LogP) is 2.92. The van der Waals surface area contributed by atoms with Crippen LogP contribution in [0.5, 0.6) is 0 Å². The van der Waals surface area contributed by atoms with Crippen molar-refractivity contribution in [3.63, 3.8) is 0 Å². The normalized spacial score (nSPS) is 10.9. The van der Waals surface area contributed by atoms with Crippen LogP contribution < -0.4 is 5.73 Å². The van der Waals surface area contributed by atoms with Crippen molar-refractivity contribution >= 4 is 39.1 Å². The standard InChI is InChI=1S/C15H14N4OS2/c1-2-7-19-14(17-18-15(19)22-9-13(16)20)11-8-21-12-6-4-3-5-10(11)12/h2-6,8H,1,7,9H2,(H2,16,20). The topological polar surface area (TPSA) is 73.8 Å². The Balaban J connectivity index is 2.06. The van der Waals surface area contributed by atoms with E-state index in [-0.39, 0.29) is 11.7 Å². The van der Waals surface area contributed by atoms with Crippen molar-refractivity contribution in [2.45, 2.75) is 11.7 Å². The van der Waals surface area contributed by atoms with Gasteiger partial charge in [0.05, 0.1) is 5.75 Å². The van der Waals surface area contributed by atoms with Crippen molar-refractivity contribution in [3.8, 4) is 11.4 Å². The third-order valence-electron chi connectivity index (χ3n) is 3.09. The molecule has 1 amide bonds. The number of thioether (sulfide) groups is 1. The lowest BCUT2D eigenvalue weighted by molar-refractivity contribution is -0.115. The summed E-state index contributed by atoms with van der Waals surface area (Å²) in [6.07, 6.45) is 1.79. The minimum absolute atomic E-state index is 0.180. The molecule has 1 aromatic carbocycles. The second-order valence-electron chi connectivity index (χ2n) is 4.61. The van der Waals surface area contributed by atoms with Gasteiger partial charge in [0.25, 0.3) is 0 Å². The molecule has 7 heteroatoms. The number of nitrogens with zero attached hydrogens (tertiary/aromatic N) is 3. The molecule has 3 rings (SSSR count). The number of carbonyl (C=O) groups is 1. The summed E-state index contributed by atoms with van der Waals surface area (Å²) in [4.78, 5) is 11.0. The van der Waals surface area contributed by atoms with Crippen molar-refractivity contribution in [3.05, 3.63) is 42.3 Å². The molecule has 0 radical (unpaired) electrons. The summed E-state index contributed by atoms with van der Waals surface area (Å²) in [5.41, 5.74) is 6.25. The van der Waals surface area contributed by atoms with Gasteiger partial charge in [-0.15, -0.1) is 28.1 Å². The summed E-state index contributed by atoms with van der Waals surface area (Å²) in [7, 11) is 0. The molecule has 0 saturated carbocycles. The Hall–Kier alpha value is -2.12. The average molecular weight is 330 g/mol. The molecule has 0 atom stereocenters. The zero-order chi connectivity index (χ0) is 15.5. The van der Waals surface area contributed by atoms with Gasteiger partial charge in [-0.3, -0.25) is 9.36 Å². The summed E-state index contributed by atoms with van der Waals surface area (Å²) in [5.74, 6) is 0.588. The summed E-state index contributed by atoms with van der Waals surface area (Å²) in [5, 5.41) is 12.4. The van der Waals surface area contributed by atoms with Crippen LogP contribution in [-0.2, 0) is 11.3 Å². The van der Waals surface area contributed by atoms with E-state index >= 15 is 0 Å². The van der Waals surface area contributed by atoms with Crippen LogP contribution in [0.4, 0.5) is 0 Å². The molecule has 0 unspecified atom stereocenters. The van der Waals surface area contributed by atoms with Gasteiger partial charge in [-0.25, -0.2) is 0 Å². The molecule has 2 N–H and O–H groups in total. The van der Waals surface area contributed by atoms with Gasteiger partial charge in [0.15, 0.2) is 11.0 Å². The van der Waals surface area contributed by atoms with Crippen molar-refractivity contribution in [1.29, 1.82) is 0 Å². The van der Waals surface area contributed by atoms with E-state index < -0.39 is 0 Å². The van der Waals surface area contributed by atoms with E-state index in [1.165, 1.54) is 16.5 Å². The summed E-state index contributed by atoms with van der Waals surface area (Å²) >= 11 is 2.96. The Morgan fingerprint density at radius 3 is 3.00 bits per heavy atom. The Morgan fingerprint density at radius 2 is 2.23 bits per heavy atom. The summed E-state index contributed by atoms with van der Waals surface area (Å²) < 4.78 is 3.16. The number of aromatic nitrogens is 3. The highest BCUT2D eigenvalue weighted by Gasteiger charge is 2.17. The van der Waals surface area contributed by atoms with Crippen LogP contribution in [0.1, 0.15) is 0 Å². The molecule has 3 aromatic rings. The minimum Gasteiger partial charge on any atom is -0.369 e. The maximum atomic E-state index is 11.0. The number of hydrogen-bond donors (Lipinski definition) is 1. The largest absolute Gasteiger partial charge is 0.369 e. The van der Waals surface area contributed by atoms with Crippen LogP contribution in [0.2, 0.25) is 0 Å². The lowest BCUT2D eigenvalue weighted by Crippen LogP contribution is -2.13. The number of hydrogen-bond acceptors (Lipinski definition) is 5. The van der Waals surface area contributed by atoms with Crippen molar-refractivity contribution in [1.82, 2.24) is 14.8 Å². The zero-order valence-corrected chi connectivity index (χ0v) is 13.4. The summed E-state index contributed by atoms with van der Waals surface area (Å²) in [6.45, 7) is 4.36. The minimum atomic E-state index is -0.374. The molecule has 0 fully saturated rings. The third kappa shape index (κ3) is 2.77. The Bertz CT molecular complexity index is 837. The van der Waals surface area contributed by atoms with Gasteiger partial charge in [0.2, 0.25) is 5.91 Å². The molecule has 0 spiro atoms. The van der Waals surface area contributed by atoms with Gasteiger partial charge in [0, 0.05) is 27.6 Å². The van der Waals surface area contributed by atoms with Gasteiger partial charge >= 0.3 is 0 Å². The monoisotopic (exact) mass is 330 g/mol. The Morgan fingerprint density at radius 1 is 1.41 bits per heavy atom. The van der Waals surface area contributed by atoms with E-state index in [4.69, 9.17) is 5.73 Å². The fourth-order valence-corrected chi connectivity index (χ4v) is 3.80. The molecule has 0 aliphatic rings. The number of amides is 1. The molecule has 22 heavy (non-hydrogen) atoms. The van der Waals surface area contributed by atoms with Crippen LogP contribution in [0.25, 0.3) is 21.5 Å².